The van der Waals surface area contributed by atoms with Crippen molar-refractivity contribution in [1.29, 1.82) is 0 Å². The van der Waals surface area contributed by atoms with Gasteiger partial charge in [-0.3, -0.25) is 9.52 Å². The van der Waals surface area contributed by atoms with E-state index in [1.807, 2.05) is 0 Å². The fourth-order valence-electron chi connectivity index (χ4n) is 1.96. The highest BCUT2D eigenvalue weighted by Crippen LogP contribution is 2.20. The predicted molar refractivity (Wildman–Crippen MR) is 83.9 cm³/mol. The Morgan fingerprint density at radius 1 is 1.10 bits per heavy atom. The Morgan fingerprint density at radius 2 is 1.71 bits per heavy atom. The Labute approximate surface area is 123 Å². The maximum Gasteiger partial charge on any atom is 0.229 e. The Kier molecular flexibility index (Phi) is 3.99. The second-order valence-corrected chi connectivity index (χ2v) is 6.55. The molecule has 0 aliphatic carbocycles. The highest BCUT2D eigenvalue weighted by atomic mass is 32.2. The molecule has 110 valence electrons. The first-order chi connectivity index (χ1) is 9.78. The van der Waals surface area contributed by atoms with Crippen LogP contribution in [0.3, 0.4) is 0 Å². The van der Waals surface area contributed by atoms with Crippen molar-refractivity contribution >= 4 is 27.2 Å². The molecule has 0 saturated heterocycles. The summed E-state index contributed by atoms with van der Waals surface area (Å²) in [7, 11) is -3.33. The van der Waals surface area contributed by atoms with Crippen molar-refractivity contribution in [3.05, 3.63) is 59.2 Å². The summed E-state index contributed by atoms with van der Waals surface area (Å²) in [6.07, 6.45) is 1.07. The second kappa shape index (κ2) is 5.57. The molecule has 0 spiro atoms. The average Bonchev–Trinajstić information content (AvgIpc) is 2.40. The number of nitrogens with one attached hydrogen (secondary N) is 1. The summed E-state index contributed by atoms with van der Waals surface area (Å²) in [6, 6.07) is 11.5. The maximum atomic E-state index is 12.4. The molecule has 0 radical (unpaired) electrons. The fraction of sp³-hybridized carbons (Fsp3) is 0.133. The summed E-state index contributed by atoms with van der Waals surface area (Å²) in [4.78, 5) is 12.4. The molecule has 0 fully saturated rings. The minimum Gasteiger partial charge on any atom is -0.398 e. The Balaban J connectivity index is 2.30. The van der Waals surface area contributed by atoms with Crippen molar-refractivity contribution in [3.63, 3.8) is 0 Å². The van der Waals surface area contributed by atoms with E-state index in [0.29, 0.717) is 22.5 Å². The summed E-state index contributed by atoms with van der Waals surface area (Å²) in [5, 5.41) is 0. The molecular formula is C15H16N2O3S. The van der Waals surface area contributed by atoms with Gasteiger partial charge in [-0.1, -0.05) is 12.1 Å². The number of anilines is 2. The lowest BCUT2D eigenvalue weighted by Crippen LogP contribution is -2.10. The Hall–Kier alpha value is -2.34. The molecule has 0 heterocycles. The summed E-state index contributed by atoms with van der Waals surface area (Å²) < 4.78 is 24.6. The number of rotatable bonds is 4. The first-order valence-corrected chi connectivity index (χ1v) is 8.15. The SMILES string of the molecule is Cc1c(N)cccc1C(=O)c1ccc(NS(C)(=O)=O)cc1. The van der Waals surface area contributed by atoms with E-state index < -0.39 is 10.0 Å². The molecule has 5 nitrogen and oxygen atoms in total. The molecule has 3 N–H and O–H groups in total. The lowest BCUT2D eigenvalue weighted by Gasteiger charge is -2.08. The van der Waals surface area contributed by atoms with Crippen LogP contribution in [-0.2, 0) is 10.0 Å². The topological polar surface area (TPSA) is 89.3 Å². The number of carbonyl (C=O) groups excluding carboxylic acids is 1. The van der Waals surface area contributed by atoms with E-state index in [1.54, 1.807) is 49.4 Å². The van der Waals surface area contributed by atoms with Gasteiger partial charge in [0.25, 0.3) is 0 Å². The number of sulfonamides is 1. The van der Waals surface area contributed by atoms with Crippen LogP contribution >= 0.6 is 0 Å². The van der Waals surface area contributed by atoms with Crippen molar-refractivity contribution in [2.45, 2.75) is 6.92 Å². The number of benzene rings is 2. The molecule has 2 rings (SSSR count). The summed E-state index contributed by atoms with van der Waals surface area (Å²) >= 11 is 0. The van der Waals surface area contributed by atoms with E-state index in [0.717, 1.165) is 11.8 Å². The van der Waals surface area contributed by atoms with Crippen molar-refractivity contribution in [2.75, 3.05) is 16.7 Å². The molecule has 0 aliphatic rings. The molecule has 0 aliphatic heterocycles. The second-order valence-electron chi connectivity index (χ2n) is 4.80. The van der Waals surface area contributed by atoms with Crippen LogP contribution < -0.4 is 10.5 Å². The molecule has 0 saturated carbocycles. The van der Waals surface area contributed by atoms with Gasteiger partial charge in [-0.2, -0.15) is 0 Å². The van der Waals surface area contributed by atoms with E-state index in [4.69, 9.17) is 5.73 Å². The van der Waals surface area contributed by atoms with Crippen LogP contribution in [0.5, 0.6) is 0 Å². The van der Waals surface area contributed by atoms with E-state index in [2.05, 4.69) is 4.72 Å². The molecule has 6 heteroatoms. The van der Waals surface area contributed by atoms with E-state index in [9.17, 15) is 13.2 Å². The maximum absolute atomic E-state index is 12.4. The van der Waals surface area contributed by atoms with Gasteiger partial charge < -0.3 is 5.73 Å². The van der Waals surface area contributed by atoms with Gasteiger partial charge in [-0.25, -0.2) is 8.42 Å². The lowest BCUT2D eigenvalue weighted by molar-refractivity contribution is 0.103. The van der Waals surface area contributed by atoms with Gasteiger partial charge >= 0.3 is 0 Å². The van der Waals surface area contributed by atoms with Crippen LogP contribution in [-0.4, -0.2) is 20.5 Å². The van der Waals surface area contributed by atoms with E-state index >= 15 is 0 Å². The Morgan fingerprint density at radius 3 is 2.29 bits per heavy atom. The highest BCUT2D eigenvalue weighted by molar-refractivity contribution is 7.92. The zero-order valence-corrected chi connectivity index (χ0v) is 12.6. The zero-order valence-electron chi connectivity index (χ0n) is 11.8. The molecule has 2 aromatic rings. The predicted octanol–water partition coefficient (Wildman–Crippen LogP) is 2.18. The van der Waals surface area contributed by atoms with Crippen molar-refractivity contribution in [3.8, 4) is 0 Å². The standard InChI is InChI=1S/C15H16N2O3S/c1-10-13(4-3-5-14(10)16)15(18)11-6-8-12(9-7-11)17-21(2,19)20/h3-9,17H,16H2,1-2H3. The monoisotopic (exact) mass is 304 g/mol. The van der Waals surface area contributed by atoms with Gasteiger partial charge in [0.05, 0.1) is 6.26 Å². The first-order valence-electron chi connectivity index (χ1n) is 6.25. The summed E-state index contributed by atoms with van der Waals surface area (Å²) in [6.45, 7) is 1.79. The van der Waals surface area contributed by atoms with Gasteiger partial charge in [0.1, 0.15) is 0 Å². The molecule has 0 aromatic heterocycles. The van der Waals surface area contributed by atoms with E-state index in [-0.39, 0.29) is 5.78 Å². The molecule has 0 atom stereocenters. The normalized spacial score (nSPS) is 11.1. The van der Waals surface area contributed by atoms with Crippen LogP contribution in [0.25, 0.3) is 0 Å². The Bertz CT molecular complexity index is 781. The zero-order chi connectivity index (χ0) is 15.6. The largest absolute Gasteiger partial charge is 0.398 e. The van der Waals surface area contributed by atoms with Crippen molar-refractivity contribution in [2.24, 2.45) is 0 Å². The van der Waals surface area contributed by atoms with Gasteiger partial charge in [0.15, 0.2) is 5.78 Å². The molecule has 0 bridgehead atoms. The minimum absolute atomic E-state index is 0.147. The third-order valence-corrected chi connectivity index (χ3v) is 3.68. The third-order valence-electron chi connectivity index (χ3n) is 3.07. The van der Waals surface area contributed by atoms with Gasteiger partial charge in [0.2, 0.25) is 10.0 Å². The average molecular weight is 304 g/mol. The minimum atomic E-state index is -3.33. The third kappa shape index (κ3) is 3.61. The number of carbonyl (C=O) groups is 1. The number of hydrogen-bond donors (Lipinski definition) is 2. The quantitative estimate of drug-likeness (QED) is 0.669. The summed E-state index contributed by atoms with van der Waals surface area (Å²) in [5.74, 6) is -0.147. The van der Waals surface area contributed by atoms with Crippen molar-refractivity contribution < 1.29 is 13.2 Å². The van der Waals surface area contributed by atoms with Crippen LogP contribution in [0.4, 0.5) is 11.4 Å². The van der Waals surface area contributed by atoms with Crippen molar-refractivity contribution in [1.82, 2.24) is 0 Å². The van der Waals surface area contributed by atoms with Crippen LogP contribution in [0.15, 0.2) is 42.5 Å². The number of nitrogen functional groups attached to an aromatic ring is 1. The molecule has 0 amide bonds. The van der Waals surface area contributed by atoms with Gasteiger partial charge in [0, 0.05) is 22.5 Å². The number of nitrogens with two attached hydrogens (primary N) is 1. The lowest BCUT2D eigenvalue weighted by atomic mass is 9.98. The van der Waals surface area contributed by atoms with Gasteiger partial charge in [-0.15, -0.1) is 0 Å². The van der Waals surface area contributed by atoms with Crippen LogP contribution in [0.1, 0.15) is 21.5 Å². The molecular weight excluding hydrogens is 288 g/mol. The molecule has 0 unspecified atom stereocenters. The smallest absolute Gasteiger partial charge is 0.229 e. The molecule has 21 heavy (non-hydrogen) atoms. The fourth-order valence-corrected chi connectivity index (χ4v) is 2.52. The van der Waals surface area contributed by atoms with Crippen LogP contribution in [0, 0.1) is 6.92 Å². The van der Waals surface area contributed by atoms with E-state index in [1.165, 1.54) is 0 Å². The first kappa shape index (κ1) is 15.1. The number of ketones is 1. The highest BCUT2D eigenvalue weighted by Gasteiger charge is 2.13. The summed E-state index contributed by atoms with van der Waals surface area (Å²) in [5.41, 5.74) is 8.53. The molecule has 2 aromatic carbocycles. The van der Waals surface area contributed by atoms with Crippen LogP contribution in [0.2, 0.25) is 0 Å². The van der Waals surface area contributed by atoms with Gasteiger partial charge in [-0.05, 0) is 42.8 Å². The number of hydrogen-bond acceptors (Lipinski definition) is 4.